The summed E-state index contributed by atoms with van der Waals surface area (Å²) in [5, 5.41) is 0. The number of carbonyl (C=O) groups is 1. The molecule has 0 radical (unpaired) electrons. The van der Waals surface area contributed by atoms with E-state index in [9.17, 15) is 13.6 Å². The summed E-state index contributed by atoms with van der Waals surface area (Å²) in [5.74, 6) is -1.98. The summed E-state index contributed by atoms with van der Waals surface area (Å²) < 4.78 is 31.5. The molecule has 3 aromatic rings. The minimum atomic E-state index is -2.76. The third-order valence-electron chi connectivity index (χ3n) is 4.82. The van der Waals surface area contributed by atoms with Gasteiger partial charge in [-0.25, -0.2) is 13.8 Å². The molecule has 2 heterocycles. The largest absolute Gasteiger partial charge is 0.439 e. The third kappa shape index (κ3) is 3.41. The standard InChI is InChI=1S/C21H19F2N3O2/c1-13-8-16(6-7-17(13)18-10-25-19(9-24)28-18)14-2-4-15(5-3-14)20(27)26-11-21(22,23)12-26/h2-8,10H,9,11-12,24H2,1H3. The van der Waals surface area contributed by atoms with Gasteiger partial charge in [0.1, 0.15) is 0 Å². The lowest BCUT2D eigenvalue weighted by Crippen LogP contribution is -2.58. The van der Waals surface area contributed by atoms with Crippen LogP contribution in [0.2, 0.25) is 0 Å². The van der Waals surface area contributed by atoms with Crippen molar-refractivity contribution in [1.29, 1.82) is 0 Å². The van der Waals surface area contributed by atoms with Gasteiger partial charge in [-0.05, 0) is 35.7 Å². The molecule has 1 saturated heterocycles. The van der Waals surface area contributed by atoms with Crippen LogP contribution in [0.1, 0.15) is 21.8 Å². The van der Waals surface area contributed by atoms with E-state index in [1.54, 1.807) is 18.3 Å². The van der Waals surface area contributed by atoms with Crippen LogP contribution in [0.4, 0.5) is 8.78 Å². The molecule has 1 amide bonds. The van der Waals surface area contributed by atoms with Crippen LogP contribution >= 0.6 is 0 Å². The molecule has 5 nitrogen and oxygen atoms in total. The second-order valence-electron chi connectivity index (χ2n) is 6.95. The van der Waals surface area contributed by atoms with Crippen LogP contribution in [-0.2, 0) is 6.54 Å². The van der Waals surface area contributed by atoms with Crippen LogP contribution in [0.25, 0.3) is 22.5 Å². The second-order valence-corrected chi connectivity index (χ2v) is 6.95. The first kappa shape index (κ1) is 18.3. The fraction of sp³-hybridized carbons (Fsp3) is 0.238. The molecule has 28 heavy (non-hydrogen) atoms. The molecular weight excluding hydrogens is 364 g/mol. The SMILES string of the molecule is Cc1cc(-c2ccc(C(=O)N3CC(F)(F)C3)cc2)ccc1-c1cnc(CN)o1. The molecule has 7 heteroatoms. The van der Waals surface area contributed by atoms with Crippen molar-refractivity contribution in [1.82, 2.24) is 9.88 Å². The zero-order chi connectivity index (χ0) is 19.9. The number of amides is 1. The van der Waals surface area contributed by atoms with Crippen molar-refractivity contribution in [2.45, 2.75) is 19.4 Å². The number of benzene rings is 2. The molecule has 2 aromatic carbocycles. The number of carbonyl (C=O) groups excluding carboxylic acids is 1. The first-order valence-corrected chi connectivity index (χ1v) is 8.90. The number of rotatable bonds is 4. The summed E-state index contributed by atoms with van der Waals surface area (Å²) >= 11 is 0. The Morgan fingerprint density at radius 3 is 2.43 bits per heavy atom. The van der Waals surface area contributed by atoms with Crippen molar-refractivity contribution in [2.75, 3.05) is 13.1 Å². The molecule has 144 valence electrons. The van der Waals surface area contributed by atoms with Crippen LogP contribution in [0, 0.1) is 6.92 Å². The zero-order valence-electron chi connectivity index (χ0n) is 15.3. The van der Waals surface area contributed by atoms with Gasteiger partial charge in [0.25, 0.3) is 11.8 Å². The van der Waals surface area contributed by atoms with Gasteiger partial charge in [-0.15, -0.1) is 0 Å². The number of halogens is 2. The third-order valence-corrected chi connectivity index (χ3v) is 4.82. The Labute approximate surface area is 160 Å². The molecule has 0 spiro atoms. The van der Waals surface area contributed by atoms with E-state index < -0.39 is 19.0 Å². The van der Waals surface area contributed by atoms with Gasteiger partial charge >= 0.3 is 0 Å². The van der Waals surface area contributed by atoms with E-state index in [-0.39, 0.29) is 12.5 Å². The number of alkyl halides is 2. The highest BCUT2D eigenvalue weighted by molar-refractivity contribution is 5.95. The van der Waals surface area contributed by atoms with Crippen molar-refractivity contribution in [2.24, 2.45) is 5.73 Å². The summed E-state index contributed by atoms with van der Waals surface area (Å²) in [6, 6.07) is 12.9. The lowest BCUT2D eigenvalue weighted by atomic mass is 9.98. The second kappa shape index (κ2) is 6.83. The first-order valence-electron chi connectivity index (χ1n) is 8.90. The Balaban J connectivity index is 1.53. The van der Waals surface area contributed by atoms with E-state index in [0.29, 0.717) is 17.2 Å². The molecule has 0 aliphatic carbocycles. The zero-order valence-corrected chi connectivity index (χ0v) is 15.3. The molecule has 2 N–H and O–H groups in total. The van der Waals surface area contributed by atoms with Crippen LogP contribution in [0.3, 0.4) is 0 Å². The van der Waals surface area contributed by atoms with Gasteiger partial charge in [-0.3, -0.25) is 4.79 Å². The normalized spacial score (nSPS) is 15.4. The maximum Gasteiger partial charge on any atom is 0.282 e. The van der Waals surface area contributed by atoms with Crippen molar-refractivity contribution in [3.8, 4) is 22.5 Å². The van der Waals surface area contributed by atoms with E-state index >= 15 is 0 Å². The molecule has 1 aromatic heterocycles. The lowest BCUT2D eigenvalue weighted by molar-refractivity contribution is -0.113. The summed E-state index contributed by atoms with van der Waals surface area (Å²) in [5.41, 5.74) is 9.80. The molecule has 0 saturated carbocycles. The first-order chi connectivity index (χ1) is 13.4. The van der Waals surface area contributed by atoms with Gasteiger partial charge in [-0.1, -0.05) is 30.3 Å². The monoisotopic (exact) mass is 383 g/mol. The highest BCUT2D eigenvalue weighted by atomic mass is 19.3. The average molecular weight is 383 g/mol. The van der Waals surface area contributed by atoms with Crippen molar-refractivity contribution in [3.05, 3.63) is 65.7 Å². The number of hydrogen-bond acceptors (Lipinski definition) is 4. The smallest absolute Gasteiger partial charge is 0.282 e. The quantitative estimate of drug-likeness (QED) is 0.742. The predicted molar refractivity (Wildman–Crippen MR) is 101 cm³/mol. The Bertz CT molecular complexity index is 1020. The van der Waals surface area contributed by atoms with Gasteiger partial charge in [0, 0.05) is 11.1 Å². The highest BCUT2D eigenvalue weighted by Crippen LogP contribution is 2.31. The molecule has 1 fully saturated rings. The summed E-state index contributed by atoms with van der Waals surface area (Å²) in [6.07, 6.45) is 1.66. The summed E-state index contributed by atoms with van der Waals surface area (Å²) in [6.45, 7) is 1.20. The predicted octanol–water partition coefficient (Wildman–Crippen LogP) is 3.87. The van der Waals surface area contributed by atoms with Crippen molar-refractivity contribution < 1.29 is 18.0 Å². The Kier molecular flexibility index (Phi) is 4.47. The minimum Gasteiger partial charge on any atom is -0.439 e. The minimum absolute atomic E-state index is 0.247. The topological polar surface area (TPSA) is 72.4 Å². The fourth-order valence-electron chi connectivity index (χ4n) is 3.29. The lowest BCUT2D eigenvalue weighted by Gasteiger charge is -2.38. The van der Waals surface area contributed by atoms with Crippen LogP contribution in [0.15, 0.2) is 53.1 Å². The number of nitrogens with zero attached hydrogens (tertiary/aromatic N) is 2. The van der Waals surface area contributed by atoms with Gasteiger partial charge in [0.15, 0.2) is 5.76 Å². The number of likely N-dealkylation sites (tertiary alicyclic amines) is 1. The number of nitrogens with two attached hydrogens (primary N) is 1. The molecule has 0 bridgehead atoms. The molecule has 1 aliphatic heterocycles. The van der Waals surface area contributed by atoms with Crippen LogP contribution in [0.5, 0.6) is 0 Å². The van der Waals surface area contributed by atoms with Crippen molar-refractivity contribution >= 4 is 5.91 Å². The van der Waals surface area contributed by atoms with Crippen molar-refractivity contribution in [3.63, 3.8) is 0 Å². The highest BCUT2D eigenvalue weighted by Gasteiger charge is 2.46. The maximum atomic E-state index is 13.0. The molecule has 4 rings (SSSR count). The number of oxazole rings is 1. The average Bonchev–Trinajstić information content (AvgIpc) is 3.14. The van der Waals surface area contributed by atoms with Gasteiger partial charge in [0.2, 0.25) is 5.89 Å². The van der Waals surface area contributed by atoms with Gasteiger partial charge in [-0.2, -0.15) is 0 Å². The molecular formula is C21H19F2N3O2. The van der Waals surface area contributed by atoms with Gasteiger partial charge in [0.05, 0.1) is 25.8 Å². The molecule has 1 aliphatic rings. The molecule has 0 atom stereocenters. The van der Waals surface area contributed by atoms with Crippen LogP contribution < -0.4 is 5.73 Å². The van der Waals surface area contributed by atoms with E-state index in [4.69, 9.17) is 10.2 Å². The Morgan fingerprint density at radius 2 is 1.86 bits per heavy atom. The van der Waals surface area contributed by atoms with E-state index in [2.05, 4.69) is 4.98 Å². The van der Waals surface area contributed by atoms with Gasteiger partial charge < -0.3 is 15.1 Å². The van der Waals surface area contributed by atoms with E-state index in [1.807, 2.05) is 37.3 Å². The molecule has 0 unspecified atom stereocenters. The Morgan fingerprint density at radius 1 is 1.18 bits per heavy atom. The Hall–Kier alpha value is -3.06. The summed E-state index contributed by atoms with van der Waals surface area (Å²) in [7, 11) is 0. The number of aromatic nitrogens is 1. The fourth-order valence-corrected chi connectivity index (χ4v) is 3.29. The van der Waals surface area contributed by atoms with Crippen LogP contribution in [-0.4, -0.2) is 34.8 Å². The number of aryl methyl sites for hydroxylation is 1. The summed E-state index contributed by atoms with van der Waals surface area (Å²) in [4.78, 5) is 17.5. The number of hydrogen-bond donors (Lipinski definition) is 1. The van der Waals surface area contributed by atoms with E-state index in [1.165, 1.54) is 0 Å². The van der Waals surface area contributed by atoms with E-state index in [0.717, 1.165) is 27.2 Å². The maximum absolute atomic E-state index is 13.0.